The number of rotatable bonds is 5. The summed E-state index contributed by atoms with van der Waals surface area (Å²) in [4.78, 5) is 30.3. The number of ether oxygens (including phenoxy) is 3. The lowest BCUT2D eigenvalue weighted by Crippen LogP contribution is -2.44. The van der Waals surface area contributed by atoms with Gasteiger partial charge in [0.1, 0.15) is 11.7 Å². The smallest absolute Gasteiger partial charge is 0.411 e. The molecule has 182 valence electrons. The first-order valence-corrected chi connectivity index (χ1v) is 12.2. The molecule has 2 aromatic heterocycles. The molecule has 1 N–H and O–H groups in total. The molecule has 1 saturated heterocycles. The molecule has 1 aliphatic heterocycles. The summed E-state index contributed by atoms with van der Waals surface area (Å²) in [6, 6.07) is 7.63. The molecule has 4 rings (SSSR count). The molecule has 10 heteroatoms. The number of carbonyl (C=O) groups is 2. The molecule has 0 saturated carbocycles. The summed E-state index contributed by atoms with van der Waals surface area (Å²) in [5.41, 5.74) is 1.14. The van der Waals surface area contributed by atoms with E-state index in [1.165, 1.54) is 11.3 Å². The summed E-state index contributed by atoms with van der Waals surface area (Å²) in [7, 11) is 0. The number of fused-ring (bicyclic) bond motifs is 1. The quantitative estimate of drug-likeness (QED) is 0.516. The van der Waals surface area contributed by atoms with Crippen LogP contribution in [0.4, 0.5) is 15.3 Å². The van der Waals surface area contributed by atoms with Gasteiger partial charge in [-0.05, 0) is 52.0 Å². The van der Waals surface area contributed by atoms with Gasteiger partial charge in [0.05, 0.1) is 12.1 Å². The molecule has 3 aromatic rings. The van der Waals surface area contributed by atoms with Crippen molar-refractivity contribution >= 4 is 40.1 Å². The van der Waals surface area contributed by atoms with Gasteiger partial charge in [0.25, 0.3) is 5.19 Å². The zero-order chi connectivity index (χ0) is 24.3. The van der Waals surface area contributed by atoms with Crippen molar-refractivity contribution in [1.29, 1.82) is 0 Å². The molecule has 0 unspecified atom stereocenters. The second-order valence-corrected chi connectivity index (χ2v) is 9.88. The van der Waals surface area contributed by atoms with Crippen molar-refractivity contribution in [2.75, 3.05) is 25.0 Å². The summed E-state index contributed by atoms with van der Waals surface area (Å²) in [6.45, 7) is 8.89. The van der Waals surface area contributed by atoms with Gasteiger partial charge in [-0.2, -0.15) is 4.98 Å². The summed E-state index contributed by atoms with van der Waals surface area (Å²) in [6.07, 6.45) is 2.67. The maximum absolute atomic E-state index is 12.2. The molecule has 1 aromatic carbocycles. The summed E-state index contributed by atoms with van der Waals surface area (Å²) >= 11 is 1.45. The number of hydrogen-bond acceptors (Lipinski definition) is 7. The largest absolute Gasteiger partial charge is 0.467 e. The van der Waals surface area contributed by atoms with Gasteiger partial charge < -0.3 is 23.7 Å². The minimum atomic E-state index is -0.497. The molecule has 34 heavy (non-hydrogen) atoms. The Labute approximate surface area is 202 Å². The number of aromatic nitrogens is 2. The monoisotopic (exact) mass is 486 g/mol. The zero-order valence-electron chi connectivity index (χ0n) is 19.9. The molecule has 1 aliphatic rings. The first-order valence-electron chi connectivity index (χ1n) is 11.4. The second kappa shape index (κ2) is 9.92. The molecule has 2 amide bonds. The van der Waals surface area contributed by atoms with Crippen LogP contribution in [0.15, 0.2) is 35.8 Å². The predicted octanol–water partition coefficient (Wildman–Crippen LogP) is 5.43. The second-order valence-electron chi connectivity index (χ2n) is 9.06. The van der Waals surface area contributed by atoms with Crippen LogP contribution in [-0.4, -0.2) is 58.0 Å². The van der Waals surface area contributed by atoms with E-state index in [9.17, 15) is 9.59 Å². The molecular weight excluding hydrogens is 456 g/mol. The van der Waals surface area contributed by atoms with E-state index in [1.54, 1.807) is 11.8 Å². The topological polar surface area (TPSA) is 94.9 Å². The SMILES string of the molecule is CCOC(=O)Nc1ccc2c(ccn2-c2csc(OC3CCN(C(=O)OC(C)(C)C)CC3)n2)c1. The lowest BCUT2D eigenvalue weighted by Gasteiger charge is -2.33. The average molecular weight is 487 g/mol. The third-order valence-corrected chi connectivity index (χ3v) is 6.01. The van der Waals surface area contributed by atoms with Crippen molar-refractivity contribution in [1.82, 2.24) is 14.5 Å². The third kappa shape index (κ3) is 5.80. The van der Waals surface area contributed by atoms with Gasteiger partial charge in [-0.25, -0.2) is 9.59 Å². The van der Waals surface area contributed by atoms with E-state index in [4.69, 9.17) is 14.2 Å². The van der Waals surface area contributed by atoms with E-state index in [0.717, 1.165) is 29.6 Å². The fourth-order valence-corrected chi connectivity index (χ4v) is 4.45. The van der Waals surface area contributed by atoms with E-state index < -0.39 is 11.7 Å². The number of hydrogen-bond donors (Lipinski definition) is 1. The van der Waals surface area contributed by atoms with Gasteiger partial charge in [0.15, 0.2) is 5.82 Å². The highest BCUT2D eigenvalue weighted by molar-refractivity contribution is 7.11. The Morgan fingerprint density at radius 3 is 2.68 bits per heavy atom. The van der Waals surface area contributed by atoms with Crippen LogP contribution in [0.5, 0.6) is 5.19 Å². The molecule has 0 radical (unpaired) electrons. The highest BCUT2D eigenvalue weighted by Gasteiger charge is 2.28. The summed E-state index contributed by atoms with van der Waals surface area (Å²) in [5, 5.41) is 6.25. The summed E-state index contributed by atoms with van der Waals surface area (Å²) in [5.74, 6) is 0.771. The van der Waals surface area contributed by atoms with Crippen LogP contribution in [0.25, 0.3) is 16.7 Å². The number of benzene rings is 1. The van der Waals surface area contributed by atoms with E-state index in [0.29, 0.717) is 30.6 Å². The summed E-state index contributed by atoms with van der Waals surface area (Å²) < 4.78 is 18.5. The van der Waals surface area contributed by atoms with Gasteiger partial charge in [0, 0.05) is 48.6 Å². The Balaban J connectivity index is 1.36. The molecule has 1 fully saturated rings. The molecule has 0 spiro atoms. The van der Waals surface area contributed by atoms with Crippen LogP contribution in [0.1, 0.15) is 40.5 Å². The number of anilines is 1. The van der Waals surface area contributed by atoms with Crippen molar-refractivity contribution in [3.05, 3.63) is 35.8 Å². The van der Waals surface area contributed by atoms with Crippen LogP contribution >= 0.6 is 11.3 Å². The first kappa shape index (κ1) is 23.9. The fourth-order valence-electron chi connectivity index (χ4n) is 3.74. The lowest BCUT2D eigenvalue weighted by molar-refractivity contribution is 0.0126. The van der Waals surface area contributed by atoms with Crippen LogP contribution in [0.3, 0.4) is 0 Å². The molecular formula is C24H30N4O5S. The molecule has 3 heterocycles. The van der Waals surface area contributed by atoms with E-state index in [2.05, 4.69) is 10.3 Å². The van der Waals surface area contributed by atoms with Crippen molar-refractivity contribution < 1.29 is 23.8 Å². The van der Waals surface area contributed by atoms with Crippen molar-refractivity contribution in [3.63, 3.8) is 0 Å². The standard InChI is InChI=1S/C24H30N4O5S/c1-5-31-21(29)25-17-6-7-19-16(14-17)8-13-28(19)20-15-34-22(26-20)32-18-9-11-27(12-10-18)23(30)33-24(2,3)4/h6-8,13-15,18H,5,9-12H2,1-4H3,(H,25,29). The number of nitrogens with one attached hydrogen (secondary N) is 1. The number of carbonyl (C=O) groups excluding carboxylic acids is 2. The Morgan fingerprint density at radius 1 is 1.21 bits per heavy atom. The van der Waals surface area contributed by atoms with Gasteiger partial charge in [-0.1, -0.05) is 11.3 Å². The molecule has 9 nitrogen and oxygen atoms in total. The van der Waals surface area contributed by atoms with Gasteiger partial charge in [-0.3, -0.25) is 5.32 Å². The first-order chi connectivity index (χ1) is 16.2. The van der Waals surface area contributed by atoms with Crippen LogP contribution in [0, 0.1) is 0 Å². The molecule has 0 aliphatic carbocycles. The van der Waals surface area contributed by atoms with Gasteiger partial charge in [0.2, 0.25) is 0 Å². The number of likely N-dealkylation sites (tertiary alicyclic amines) is 1. The Morgan fingerprint density at radius 2 is 1.97 bits per heavy atom. The maximum atomic E-state index is 12.2. The molecule has 0 bridgehead atoms. The lowest BCUT2D eigenvalue weighted by atomic mass is 10.1. The number of amides is 2. The van der Waals surface area contributed by atoms with Crippen LogP contribution < -0.4 is 10.1 Å². The highest BCUT2D eigenvalue weighted by atomic mass is 32.1. The Hall–Kier alpha value is -3.27. The normalized spacial score (nSPS) is 14.8. The maximum Gasteiger partial charge on any atom is 0.411 e. The average Bonchev–Trinajstić information content (AvgIpc) is 3.39. The van der Waals surface area contributed by atoms with Crippen molar-refractivity contribution in [2.24, 2.45) is 0 Å². The number of piperidine rings is 1. The van der Waals surface area contributed by atoms with E-state index in [-0.39, 0.29) is 12.2 Å². The zero-order valence-corrected chi connectivity index (χ0v) is 20.7. The highest BCUT2D eigenvalue weighted by Crippen LogP contribution is 2.29. The minimum Gasteiger partial charge on any atom is -0.467 e. The third-order valence-electron chi connectivity index (χ3n) is 5.29. The Kier molecular flexibility index (Phi) is 6.97. The fraction of sp³-hybridized carbons (Fsp3) is 0.458. The van der Waals surface area contributed by atoms with E-state index in [1.807, 2.05) is 61.2 Å². The van der Waals surface area contributed by atoms with Crippen molar-refractivity contribution in [2.45, 2.75) is 52.2 Å². The van der Waals surface area contributed by atoms with E-state index >= 15 is 0 Å². The number of nitrogens with zero attached hydrogens (tertiary/aromatic N) is 3. The van der Waals surface area contributed by atoms with Crippen molar-refractivity contribution in [3.8, 4) is 11.0 Å². The van der Waals surface area contributed by atoms with Crippen LogP contribution in [-0.2, 0) is 9.47 Å². The predicted molar refractivity (Wildman–Crippen MR) is 131 cm³/mol. The van der Waals surface area contributed by atoms with Crippen LogP contribution in [0.2, 0.25) is 0 Å². The van der Waals surface area contributed by atoms with Gasteiger partial charge in [-0.15, -0.1) is 0 Å². The molecule has 0 atom stereocenters. The minimum absolute atomic E-state index is 0.00982. The Bertz CT molecular complexity index is 1160. The number of thiazole rings is 1. The van der Waals surface area contributed by atoms with Gasteiger partial charge >= 0.3 is 12.2 Å².